The molecule has 1 saturated heterocycles. The van der Waals surface area contributed by atoms with E-state index in [2.05, 4.69) is 16.7 Å². The Labute approximate surface area is 157 Å². The number of morpholine rings is 1. The Morgan fingerprint density at radius 1 is 1.23 bits per heavy atom. The lowest BCUT2D eigenvalue weighted by Gasteiger charge is -2.37. The highest BCUT2D eigenvalue weighted by atomic mass is 32.2. The quantitative estimate of drug-likeness (QED) is 0.779. The molecule has 1 aliphatic carbocycles. The minimum atomic E-state index is -3.63. The summed E-state index contributed by atoms with van der Waals surface area (Å²) >= 11 is 0. The maximum absolute atomic E-state index is 11.4. The highest BCUT2D eigenvalue weighted by Gasteiger charge is 2.28. The fourth-order valence-corrected chi connectivity index (χ4v) is 4.59. The summed E-state index contributed by atoms with van der Waals surface area (Å²) in [6, 6.07) is 7.55. The highest BCUT2D eigenvalue weighted by molar-refractivity contribution is 7.89. The lowest BCUT2D eigenvalue weighted by Crippen LogP contribution is -2.49. The lowest BCUT2D eigenvalue weighted by molar-refractivity contribution is -0.0483. The molecule has 0 spiro atoms. The Balaban J connectivity index is 1.68. The molecule has 1 aliphatic heterocycles. The van der Waals surface area contributed by atoms with Crippen LogP contribution in [0.15, 0.2) is 29.2 Å². The average molecular weight is 382 g/mol. The van der Waals surface area contributed by atoms with Gasteiger partial charge >= 0.3 is 0 Å². The van der Waals surface area contributed by atoms with Crippen LogP contribution < -0.4 is 5.14 Å². The van der Waals surface area contributed by atoms with Crippen molar-refractivity contribution in [2.45, 2.75) is 56.2 Å². The van der Waals surface area contributed by atoms with Crippen molar-refractivity contribution in [1.82, 2.24) is 9.80 Å². The van der Waals surface area contributed by atoms with Crippen molar-refractivity contribution in [3.05, 3.63) is 29.8 Å². The summed E-state index contributed by atoms with van der Waals surface area (Å²) in [6.45, 7) is 7.83. The summed E-state index contributed by atoms with van der Waals surface area (Å²) in [6.07, 6.45) is 5.29. The van der Waals surface area contributed by atoms with E-state index in [4.69, 9.17) is 9.88 Å². The number of hydrogen-bond acceptors (Lipinski definition) is 5. The normalized spacial score (nSPS) is 23.0. The van der Waals surface area contributed by atoms with Gasteiger partial charge in [0.25, 0.3) is 0 Å². The molecule has 2 fully saturated rings. The van der Waals surface area contributed by atoms with E-state index in [1.807, 2.05) is 12.1 Å². The summed E-state index contributed by atoms with van der Waals surface area (Å²) in [5.41, 5.74) is 1.12. The van der Waals surface area contributed by atoms with E-state index >= 15 is 0 Å². The molecule has 0 amide bonds. The van der Waals surface area contributed by atoms with Crippen LogP contribution in [0.1, 0.15) is 38.2 Å². The van der Waals surface area contributed by atoms with Gasteiger partial charge in [-0.1, -0.05) is 31.9 Å². The number of nitrogens with two attached hydrogens (primary N) is 1. The molecular formula is C19H31N3O3S. The first-order valence-electron chi connectivity index (χ1n) is 9.65. The molecule has 26 heavy (non-hydrogen) atoms. The molecule has 0 radical (unpaired) electrons. The van der Waals surface area contributed by atoms with Crippen LogP contribution in [-0.2, 0) is 21.3 Å². The van der Waals surface area contributed by atoms with Gasteiger partial charge < -0.3 is 4.74 Å². The molecule has 1 atom stereocenters. The third kappa shape index (κ3) is 5.27. The van der Waals surface area contributed by atoms with Crippen molar-refractivity contribution in [2.75, 3.05) is 32.8 Å². The first-order chi connectivity index (χ1) is 12.5. The van der Waals surface area contributed by atoms with Gasteiger partial charge in [0.2, 0.25) is 10.0 Å². The zero-order valence-electron chi connectivity index (χ0n) is 15.6. The molecule has 1 saturated carbocycles. The second kappa shape index (κ2) is 8.80. The number of likely N-dealkylation sites (N-methyl/N-ethyl adjacent to an activating group) is 1. The average Bonchev–Trinajstić information content (AvgIpc) is 3.16. The molecule has 0 aromatic heterocycles. The summed E-state index contributed by atoms with van der Waals surface area (Å²) in [7, 11) is -3.63. The number of sulfonamides is 1. The van der Waals surface area contributed by atoms with Gasteiger partial charge in [0.1, 0.15) is 0 Å². The van der Waals surface area contributed by atoms with Crippen LogP contribution in [0.5, 0.6) is 0 Å². The number of rotatable bonds is 7. The zero-order chi connectivity index (χ0) is 18.6. The van der Waals surface area contributed by atoms with Crippen molar-refractivity contribution in [2.24, 2.45) is 5.14 Å². The van der Waals surface area contributed by atoms with Crippen LogP contribution in [-0.4, -0.2) is 63.1 Å². The number of benzene rings is 1. The van der Waals surface area contributed by atoms with E-state index in [1.165, 1.54) is 25.7 Å². The van der Waals surface area contributed by atoms with E-state index in [0.29, 0.717) is 6.04 Å². The summed E-state index contributed by atoms with van der Waals surface area (Å²) < 4.78 is 28.9. The Morgan fingerprint density at radius 2 is 1.92 bits per heavy atom. The van der Waals surface area contributed by atoms with Crippen LogP contribution in [0.3, 0.4) is 0 Å². The SMILES string of the molecule is CCN1CCOC(CN(Cc2ccc(S(N)(=O)=O)cc2)C2CCCC2)C1. The van der Waals surface area contributed by atoms with E-state index in [1.54, 1.807) is 12.1 Å². The summed E-state index contributed by atoms with van der Waals surface area (Å²) in [4.78, 5) is 5.15. The van der Waals surface area contributed by atoms with Gasteiger partial charge in [-0.2, -0.15) is 0 Å². The predicted octanol–water partition coefficient (Wildman–Crippen LogP) is 1.80. The number of nitrogens with zero attached hydrogens (tertiary/aromatic N) is 2. The van der Waals surface area contributed by atoms with E-state index in [0.717, 1.165) is 44.9 Å². The minimum absolute atomic E-state index is 0.169. The molecule has 7 heteroatoms. The van der Waals surface area contributed by atoms with Gasteiger partial charge in [-0.25, -0.2) is 13.6 Å². The Morgan fingerprint density at radius 3 is 2.54 bits per heavy atom. The molecule has 146 valence electrons. The molecule has 6 nitrogen and oxygen atoms in total. The molecular weight excluding hydrogens is 350 g/mol. The fourth-order valence-electron chi connectivity index (χ4n) is 4.07. The summed E-state index contributed by atoms with van der Waals surface area (Å²) in [5.74, 6) is 0. The summed E-state index contributed by atoms with van der Waals surface area (Å²) in [5, 5.41) is 5.20. The molecule has 3 rings (SSSR count). The van der Waals surface area contributed by atoms with Gasteiger partial charge in [0.05, 0.1) is 17.6 Å². The van der Waals surface area contributed by atoms with Gasteiger partial charge in [-0.15, -0.1) is 0 Å². The third-order valence-corrected chi connectivity index (χ3v) is 6.52. The minimum Gasteiger partial charge on any atom is -0.374 e. The Hall–Kier alpha value is -0.990. The Kier molecular flexibility index (Phi) is 6.69. The van der Waals surface area contributed by atoms with Crippen molar-refractivity contribution in [3.63, 3.8) is 0 Å². The monoisotopic (exact) mass is 381 g/mol. The van der Waals surface area contributed by atoms with Gasteiger partial charge in [-0.3, -0.25) is 9.80 Å². The zero-order valence-corrected chi connectivity index (χ0v) is 16.5. The Bertz CT molecular complexity index is 672. The first kappa shape index (κ1) is 19.8. The van der Waals surface area contributed by atoms with Crippen molar-refractivity contribution < 1.29 is 13.2 Å². The maximum atomic E-state index is 11.4. The van der Waals surface area contributed by atoms with Gasteiger partial charge in [0, 0.05) is 32.2 Å². The maximum Gasteiger partial charge on any atom is 0.238 e. The van der Waals surface area contributed by atoms with Crippen LogP contribution in [0.25, 0.3) is 0 Å². The van der Waals surface area contributed by atoms with Crippen molar-refractivity contribution in [1.29, 1.82) is 0 Å². The third-order valence-electron chi connectivity index (χ3n) is 5.59. The standard InChI is InChI=1S/C19H31N3O3S/c1-2-21-11-12-25-18(14-21)15-22(17-5-3-4-6-17)13-16-7-9-19(10-8-16)26(20,23)24/h7-10,17-18H,2-6,11-15H2,1H3,(H2,20,23,24). The fraction of sp³-hybridized carbons (Fsp3) is 0.684. The molecule has 0 bridgehead atoms. The predicted molar refractivity (Wildman–Crippen MR) is 102 cm³/mol. The topological polar surface area (TPSA) is 75.9 Å². The smallest absolute Gasteiger partial charge is 0.238 e. The lowest BCUT2D eigenvalue weighted by atomic mass is 10.1. The number of primary sulfonamides is 1. The van der Waals surface area contributed by atoms with Crippen LogP contribution in [0, 0.1) is 0 Å². The van der Waals surface area contributed by atoms with E-state index < -0.39 is 10.0 Å². The highest BCUT2D eigenvalue weighted by Crippen LogP contribution is 2.26. The van der Waals surface area contributed by atoms with Crippen molar-refractivity contribution >= 4 is 10.0 Å². The van der Waals surface area contributed by atoms with Gasteiger partial charge in [-0.05, 0) is 37.1 Å². The van der Waals surface area contributed by atoms with Crippen molar-refractivity contribution in [3.8, 4) is 0 Å². The largest absolute Gasteiger partial charge is 0.374 e. The van der Waals surface area contributed by atoms with E-state index in [-0.39, 0.29) is 11.0 Å². The van der Waals surface area contributed by atoms with Crippen LogP contribution in [0.4, 0.5) is 0 Å². The first-order valence-corrected chi connectivity index (χ1v) is 11.2. The molecule has 1 heterocycles. The van der Waals surface area contributed by atoms with Crippen LogP contribution >= 0.6 is 0 Å². The molecule has 1 aromatic carbocycles. The number of ether oxygens (including phenoxy) is 1. The van der Waals surface area contributed by atoms with E-state index in [9.17, 15) is 8.42 Å². The molecule has 1 unspecified atom stereocenters. The molecule has 2 aliphatic rings. The second-order valence-corrected chi connectivity index (χ2v) is 9.00. The van der Waals surface area contributed by atoms with Crippen LogP contribution in [0.2, 0.25) is 0 Å². The molecule has 2 N–H and O–H groups in total. The molecule has 1 aromatic rings. The second-order valence-electron chi connectivity index (χ2n) is 7.44. The van der Waals surface area contributed by atoms with Gasteiger partial charge in [0.15, 0.2) is 0 Å². The number of hydrogen-bond donors (Lipinski definition) is 1.